The number of nitrogens with one attached hydrogen (secondary N) is 2. The first kappa shape index (κ1) is 16.6. The van der Waals surface area contributed by atoms with Gasteiger partial charge in [-0.3, -0.25) is 0 Å². The van der Waals surface area contributed by atoms with E-state index < -0.39 is 10.0 Å². The molecule has 0 amide bonds. The molecule has 1 aromatic heterocycles. The molecule has 2 aromatic rings. The third-order valence-corrected chi connectivity index (χ3v) is 6.64. The molecule has 0 radical (unpaired) electrons. The fourth-order valence-corrected chi connectivity index (χ4v) is 5.27. The third kappa shape index (κ3) is 3.92. The van der Waals surface area contributed by atoms with Crippen LogP contribution >= 0.6 is 27.3 Å². The van der Waals surface area contributed by atoms with Crippen molar-refractivity contribution >= 4 is 37.3 Å². The molecule has 2 rings (SSSR count). The maximum absolute atomic E-state index is 12.5. The minimum atomic E-state index is -3.52. The summed E-state index contributed by atoms with van der Waals surface area (Å²) in [5.74, 6) is 0. The SMILES string of the molecule is CNCc1scc(C)c1S(=O)(=O)NCc1ccccc1Br. The summed E-state index contributed by atoms with van der Waals surface area (Å²) in [7, 11) is -1.71. The van der Waals surface area contributed by atoms with Gasteiger partial charge in [0.2, 0.25) is 10.0 Å². The predicted octanol–water partition coefficient (Wildman–Crippen LogP) is 3.02. The highest BCUT2D eigenvalue weighted by Crippen LogP contribution is 2.27. The average molecular weight is 389 g/mol. The van der Waals surface area contributed by atoms with Crippen LogP contribution in [0.1, 0.15) is 16.0 Å². The van der Waals surface area contributed by atoms with Crippen molar-refractivity contribution in [1.82, 2.24) is 10.0 Å². The van der Waals surface area contributed by atoms with Gasteiger partial charge in [-0.25, -0.2) is 13.1 Å². The highest BCUT2D eigenvalue weighted by atomic mass is 79.9. The Hall–Kier alpha value is -0.730. The Kier molecular flexibility index (Phi) is 5.56. The van der Waals surface area contributed by atoms with Crippen molar-refractivity contribution in [2.45, 2.75) is 24.9 Å². The number of sulfonamides is 1. The summed E-state index contributed by atoms with van der Waals surface area (Å²) in [6.07, 6.45) is 0. The van der Waals surface area contributed by atoms with E-state index in [2.05, 4.69) is 26.0 Å². The predicted molar refractivity (Wildman–Crippen MR) is 90.0 cm³/mol. The van der Waals surface area contributed by atoms with E-state index in [4.69, 9.17) is 0 Å². The summed E-state index contributed by atoms with van der Waals surface area (Å²) in [5.41, 5.74) is 1.69. The zero-order valence-electron chi connectivity index (χ0n) is 11.8. The van der Waals surface area contributed by atoms with E-state index in [9.17, 15) is 8.42 Å². The smallest absolute Gasteiger partial charge is 0.242 e. The van der Waals surface area contributed by atoms with Crippen molar-refractivity contribution in [3.8, 4) is 0 Å². The van der Waals surface area contributed by atoms with Crippen molar-refractivity contribution in [3.05, 3.63) is 50.1 Å². The molecule has 0 aliphatic carbocycles. The second-order valence-electron chi connectivity index (χ2n) is 4.62. The molecule has 1 heterocycles. The van der Waals surface area contributed by atoms with Gasteiger partial charge in [-0.05, 0) is 36.5 Å². The van der Waals surface area contributed by atoms with Crippen molar-refractivity contribution < 1.29 is 8.42 Å². The number of aryl methyl sites for hydroxylation is 1. The van der Waals surface area contributed by atoms with Crippen LogP contribution in [-0.4, -0.2) is 15.5 Å². The third-order valence-electron chi connectivity index (χ3n) is 3.01. The van der Waals surface area contributed by atoms with Crippen LogP contribution in [0.5, 0.6) is 0 Å². The first-order valence-corrected chi connectivity index (χ1v) is 9.56. The zero-order chi connectivity index (χ0) is 15.5. The Labute approximate surface area is 137 Å². The molecule has 0 saturated carbocycles. The molecular formula is C14H17BrN2O2S2. The summed E-state index contributed by atoms with van der Waals surface area (Å²) in [5, 5.41) is 4.88. The van der Waals surface area contributed by atoms with Gasteiger partial charge in [-0.15, -0.1) is 11.3 Å². The normalized spacial score (nSPS) is 11.8. The topological polar surface area (TPSA) is 58.2 Å². The number of thiophene rings is 1. The lowest BCUT2D eigenvalue weighted by Gasteiger charge is -2.10. The zero-order valence-corrected chi connectivity index (χ0v) is 15.0. The van der Waals surface area contributed by atoms with E-state index >= 15 is 0 Å². The standard InChI is InChI=1S/C14H17BrN2O2S2/c1-10-9-20-13(8-16-2)14(10)21(18,19)17-7-11-5-3-4-6-12(11)15/h3-6,9,16-17H,7-8H2,1-2H3. The number of hydrogen-bond donors (Lipinski definition) is 2. The van der Waals surface area contributed by atoms with Gasteiger partial charge in [0.15, 0.2) is 0 Å². The molecule has 2 N–H and O–H groups in total. The highest BCUT2D eigenvalue weighted by molar-refractivity contribution is 9.10. The maximum atomic E-state index is 12.5. The molecule has 21 heavy (non-hydrogen) atoms. The molecular weight excluding hydrogens is 372 g/mol. The maximum Gasteiger partial charge on any atom is 0.242 e. The van der Waals surface area contributed by atoms with Gasteiger partial charge in [0.25, 0.3) is 0 Å². The largest absolute Gasteiger partial charge is 0.315 e. The molecule has 7 heteroatoms. The van der Waals surface area contributed by atoms with Gasteiger partial charge in [0, 0.05) is 22.4 Å². The number of rotatable bonds is 6. The fourth-order valence-electron chi connectivity index (χ4n) is 2.02. The summed E-state index contributed by atoms with van der Waals surface area (Å²) in [6, 6.07) is 7.57. The van der Waals surface area contributed by atoms with Gasteiger partial charge < -0.3 is 5.32 Å². The summed E-state index contributed by atoms with van der Waals surface area (Å²) >= 11 is 4.89. The minimum Gasteiger partial charge on any atom is -0.315 e. The van der Waals surface area contributed by atoms with Crippen LogP contribution in [-0.2, 0) is 23.1 Å². The van der Waals surface area contributed by atoms with Crippen molar-refractivity contribution in [1.29, 1.82) is 0 Å². The van der Waals surface area contributed by atoms with Crippen LogP contribution in [0.3, 0.4) is 0 Å². The molecule has 0 aliphatic heterocycles. The van der Waals surface area contributed by atoms with Crippen LogP contribution < -0.4 is 10.0 Å². The Morgan fingerprint density at radius 2 is 1.95 bits per heavy atom. The Bertz CT molecular complexity index is 726. The molecule has 0 unspecified atom stereocenters. The van der Waals surface area contributed by atoms with Crippen LogP contribution in [0, 0.1) is 6.92 Å². The van der Waals surface area contributed by atoms with E-state index in [1.165, 1.54) is 11.3 Å². The number of hydrogen-bond acceptors (Lipinski definition) is 4. The lowest BCUT2D eigenvalue weighted by Crippen LogP contribution is -2.25. The Morgan fingerprint density at radius 3 is 2.62 bits per heavy atom. The summed E-state index contributed by atoms with van der Waals surface area (Å²) in [4.78, 5) is 1.23. The molecule has 0 fully saturated rings. The van der Waals surface area contributed by atoms with Crippen LogP contribution in [0.2, 0.25) is 0 Å². The highest BCUT2D eigenvalue weighted by Gasteiger charge is 2.22. The van der Waals surface area contributed by atoms with Gasteiger partial charge in [-0.1, -0.05) is 34.1 Å². The van der Waals surface area contributed by atoms with Gasteiger partial charge in [0.05, 0.1) is 0 Å². The number of halogens is 1. The van der Waals surface area contributed by atoms with Gasteiger partial charge in [-0.2, -0.15) is 0 Å². The Morgan fingerprint density at radius 1 is 1.24 bits per heavy atom. The average Bonchev–Trinajstić information content (AvgIpc) is 2.80. The second kappa shape index (κ2) is 7.02. The number of benzene rings is 1. The first-order valence-electron chi connectivity index (χ1n) is 6.40. The lowest BCUT2D eigenvalue weighted by molar-refractivity contribution is 0.579. The summed E-state index contributed by atoms with van der Waals surface area (Å²) < 4.78 is 28.7. The molecule has 4 nitrogen and oxygen atoms in total. The Balaban J connectivity index is 2.23. The first-order chi connectivity index (χ1) is 9.95. The van der Waals surface area contributed by atoms with E-state index in [0.717, 1.165) is 20.5 Å². The molecule has 0 aliphatic rings. The quantitative estimate of drug-likeness (QED) is 0.799. The van der Waals surface area contributed by atoms with Crippen LogP contribution in [0.4, 0.5) is 0 Å². The van der Waals surface area contributed by atoms with Gasteiger partial charge in [0.1, 0.15) is 4.90 Å². The second-order valence-corrected chi connectivity index (χ2v) is 8.14. The van der Waals surface area contributed by atoms with E-state index in [1.807, 2.05) is 36.6 Å². The van der Waals surface area contributed by atoms with E-state index in [-0.39, 0.29) is 6.54 Å². The summed E-state index contributed by atoms with van der Waals surface area (Å²) in [6.45, 7) is 2.63. The van der Waals surface area contributed by atoms with Crippen molar-refractivity contribution in [2.24, 2.45) is 0 Å². The molecule has 1 aromatic carbocycles. The molecule has 114 valence electrons. The molecule has 0 spiro atoms. The van der Waals surface area contributed by atoms with Gasteiger partial charge >= 0.3 is 0 Å². The lowest BCUT2D eigenvalue weighted by atomic mass is 10.2. The van der Waals surface area contributed by atoms with E-state index in [1.54, 1.807) is 7.05 Å². The van der Waals surface area contributed by atoms with Crippen LogP contribution in [0.15, 0.2) is 39.0 Å². The minimum absolute atomic E-state index is 0.262. The van der Waals surface area contributed by atoms with Crippen molar-refractivity contribution in [3.63, 3.8) is 0 Å². The molecule has 0 atom stereocenters. The molecule has 0 saturated heterocycles. The molecule has 0 bridgehead atoms. The van der Waals surface area contributed by atoms with Crippen LogP contribution in [0.25, 0.3) is 0 Å². The monoisotopic (exact) mass is 388 g/mol. The fraction of sp³-hybridized carbons (Fsp3) is 0.286. The van der Waals surface area contributed by atoms with E-state index in [0.29, 0.717) is 11.4 Å². The van der Waals surface area contributed by atoms with Crippen molar-refractivity contribution in [2.75, 3.05) is 7.05 Å².